The smallest absolute Gasteiger partial charge is 0.321 e. The summed E-state index contributed by atoms with van der Waals surface area (Å²) >= 11 is 0. The summed E-state index contributed by atoms with van der Waals surface area (Å²) in [6.45, 7) is 4.08. The highest BCUT2D eigenvalue weighted by Gasteiger charge is 2.17. The third-order valence-electron chi connectivity index (χ3n) is 1.98. The highest BCUT2D eigenvalue weighted by atomic mass is 35.5. The van der Waals surface area contributed by atoms with Gasteiger partial charge >= 0.3 is 5.97 Å². The molecule has 0 aromatic rings. The number of nitrogens with zero attached hydrogens (tertiary/aromatic N) is 1. The molecule has 0 saturated carbocycles. The van der Waals surface area contributed by atoms with Gasteiger partial charge < -0.3 is 16.2 Å². The summed E-state index contributed by atoms with van der Waals surface area (Å²) in [5.74, 6) is -0.923. The first kappa shape index (κ1) is 12.6. The van der Waals surface area contributed by atoms with Gasteiger partial charge in [0.05, 0.1) is 0 Å². The SMILES string of the molecule is Cl.NC(CN1CCNCC1)C(=O)O. The number of nitrogens with two attached hydrogens (primary N) is 1. The molecule has 4 N–H and O–H groups in total. The molecule has 1 aliphatic heterocycles. The van der Waals surface area contributed by atoms with Crippen LogP contribution < -0.4 is 11.1 Å². The predicted molar refractivity (Wildman–Crippen MR) is 52.2 cm³/mol. The largest absolute Gasteiger partial charge is 0.480 e. The van der Waals surface area contributed by atoms with E-state index in [4.69, 9.17) is 10.8 Å². The van der Waals surface area contributed by atoms with Gasteiger partial charge in [-0.1, -0.05) is 0 Å². The zero-order valence-corrected chi connectivity index (χ0v) is 8.22. The van der Waals surface area contributed by atoms with E-state index in [0.717, 1.165) is 26.2 Å². The van der Waals surface area contributed by atoms with E-state index in [0.29, 0.717) is 6.54 Å². The molecule has 0 aliphatic carbocycles. The third-order valence-corrected chi connectivity index (χ3v) is 1.98. The number of piperazine rings is 1. The Morgan fingerprint density at radius 3 is 2.54 bits per heavy atom. The maximum Gasteiger partial charge on any atom is 0.321 e. The van der Waals surface area contributed by atoms with Crippen LogP contribution >= 0.6 is 12.4 Å². The van der Waals surface area contributed by atoms with Gasteiger partial charge in [-0.25, -0.2) is 0 Å². The van der Waals surface area contributed by atoms with Crippen molar-refractivity contribution in [3.63, 3.8) is 0 Å². The average molecular weight is 210 g/mol. The van der Waals surface area contributed by atoms with Gasteiger partial charge in [-0.15, -0.1) is 12.4 Å². The Hall–Kier alpha value is -0.360. The number of halogens is 1. The molecular weight excluding hydrogens is 194 g/mol. The molecule has 0 amide bonds. The van der Waals surface area contributed by atoms with Crippen molar-refractivity contribution in [3.05, 3.63) is 0 Å². The second-order valence-electron chi connectivity index (χ2n) is 3.00. The van der Waals surface area contributed by atoms with Crippen molar-refractivity contribution in [2.24, 2.45) is 5.73 Å². The molecule has 13 heavy (non-hydrogen) atoms. The Morgan fingerprint density at radius 2 is 2.08 bits per heavy atom. The van der Waals surface area contributed by atoms with E-state index in [9.17, 15) is 4.79 Å². The normalized spacial score (nSPS) is 20.4. The van der Waals surface area contributed by atoms with Crippen LogP contribution in [0.1, 0.15) is 0 Å². The van der Waals surface area contributed by atoms with E-state index in [1.54, 1.807) is 0 Å². The first-order valence-corrected chi connectivity index (χ1v) is 4.11. The predicted octanol–water partition coefficient (Wildman–Crippen LogP) is -1.27. The Morgan fingerprint density at radius 1 is 1.54 bits per heavy atom. The van der Waals surface area contributed by atoms with Crippen LogP contribution in [0.2, 0.25) is 0 Å². The molecule has 1 heterocycles. The molecular formula is C7H16ClN3O2. The van der Waals surface area contributed by atoms with Gasteiger partial charge in [0, 0.05) is 32.7 Å². The molecule has 0 spiro atoms. The summed E-state index contributed by atoms with van der Waals surface area (Å²) in [5.41, 5.74) is 5.39. The van der Waals surface area contributed by atoms with Crippen molar-refractivity contribution in [3.8, 4) is 0 Å². The Balaban J connectivity index is 0.00000144. The van der Waals surface area contributed by atoms with E-state index < -0.39 is 12.0 Å². The van der Waals surface area contributed by atoms with Crippen molar-refractivity contribution >= 4 is 18.4 Å². The van der Waals surface area contributed by atoms with Crippen molar-refractivity contribution in [1.82, 2.24) is 10.2 Å². The van der Waals surface area contributed by atoms with Crippen molar-refractivity contribution < 1.29 is 9.90 Å². The second-order valence-corrected chi connectivity index (χ2v) is 3.00. The first-order chi connectivity index (χ1) is 5.70. The minimum atomic E-state index is -0.923. The molecule has 0 radical (unpaired) electrons. The molecule has 1 rings (SSSR count). The van der Waals surface area contributed by atoms with Gasteiger partial charge in [-0.3, -0.25) is 9.69 Å². The number of hydrogen-bond donors (Lipinski definition) is 3. The van der Waals surface area contributed by atoms with Gasteiger partial charge in [-0.2, -0.15) is 0 Å². The number of aliphatic carboxylic acids is 1. The maximum absolute atomic E-state index is 10.4. The zero-order valence-electron chi connectivity index (χ0n) is 7.40. The standard InChI is InChI=1S/C7H15N3O2.ClH/c8-6(7(11)12)5-10-3-1-9-2-4-10;/h6,9H,1-5,8H2,(H,11,12);1H. The zero-order chi connectivity index (χ0) is 8.97. The lowest BCUT2D eigenvalue weighted by Gasteiger charge is -2.28. The lowest BCUT2D eigenvalue weighted by Crippen LogP contribution is -2.50. The summed E-state index contributed by atoms with van der Waals surface area (Å²) < 4.78 is 0. The first-order valence-electron chi connectivity index (χ1n) is 4.11. The molecule has 0 aromatic carbocycles. The summed E-state index contributed by atoms with van der Waals surface area (Å²) in [7, 11) is 0. The monoisotopic (exact) mass is 209 g/mol. The fourth-order valence-electron chi connectivity index (χ4n) is 1.25. The van der Waals surface area contributed by atoms with Crippen molar-refractivity contribution in [1.29, 1.82) is 0 Å². The van der Waals surface area contributed by atoms with Gasteiger partial charge in [0.15, 0.2) is 0 Å². The molecule has 5 nitrogen and oxygen atoms in total. The van der Waals surface area contributed by atoms with Crippen molar-refractivity contribution in [2.75, 3.05) is 32.7 Å². The average Bonchev–Trinajstić information content (AvgIpc) is 2.06. The van der Waals surface area contributed by atoms with Crippen LogP contribution in [0.5, 0.6) is 0 Å². The summed E-state index contributed by atoms with van der Waals surface area (Å²) in [5, 5.41) is 11.7. The molecule has 6 heteroatoms. The van der Waals surface area contributed by atoms with Gasteiger partial charge in [0.25, 0.3) is 0 Å². The molecule has 1 fully saturated rings. The van der Waals surface area contributed by atoms with Crippen LogP contribution in [0.3, 0.4) is 0 Å². The summed E-state index contributed by atoms with van der Waals surface area (Å²) in [6, 6.07) is -0.747. The fraction of sp³-hybridized carbons (Fsp3) is 0.857. The molecule has 0 aromatic heterocycles. The number of rotatable bonds is 3. The highest BCUT2D eigenvalue weighted by Crippen LogP contribution is 1.93. The highest BCUT2D eigenvalue weighted by molar-refractivity contribution is 5.85. The van der Waals surface area contributed by atoms with Gasteiger partial charge in [0.1, 0.15) is 6.04 Å². The van der Waals surface area contributed by atoms with E-state index in [2.05, 4.69) is 10.2 Å². The van der Waals surface area contributed by atoms with Crippen LogP contribution in [0, 0.1) is 0 Å². The fourth-order valence-corrected chi connectivity index (χ4v) is 1.25. The second kappa shape index (κ2) is 6.15. The van der Waals surface area contributed by atoms with Crippen LogP contribution in [0.15, 0.2) is 0 Å². The Bertz CT molecular complexity index is 162. The molecule has 78 valence electrons. The lowest BCUT2D eigenvalue weighted by atomic mass is 10.2. The molecule has 1 saturated heterocycles. The third kappa shape index (κ3) is 4.42. The summed E-state index contributed by atoms with van der Waals surface area (Å²) in [4.78, 5) is 12.5. The van der Waals surface area contributed by atoms with Crippen LogP contribution in [-0.4, -0.2) is 54.7 Å². The number of hydrogen-bond acceptors (Lipinski definition) is 4. The minimum absolute atomic E-state index is 0. The number of carboxylic acids is 1. The Kier molecular flexibility index (Phi) is 5.98. The maximum atomic E-state index is 10.4. The molecule has 1 unspecified atom stereocenters. The molecule has 0 bridgehead atoms. The van der Waals surface area contributed by atoms with Crippen LogP contribution in [0.25, 0.3) is 0 Å². The van der Waals surface area contributed by atoms with E-state index in [1.807, 2.05) is 0 Å². The topological polar surface area (TPSA) is 78.6 Å². The molecule has 1 atom stereocenters. The van der Waals surface area contributed by atoms with Gasteiger partial charge in [-0.05, 0) is 0 Å². The number of carbonyl (C=O) groups is 1. The Labute approximate surface area is 83.7 Å². The number of nitrogens with one attached hydrogen (secondary N) is 1. The van der Waals surface area contributed by atoms with E-state index >= 15 is 0 Å². The van der Waals surface area contributed by atoms with Gasteiger partial charge in [0.2, 0.25) is 0 Å². The summed E-state index contributed by atoms with van der Waals surface area (Å²) in [6.07, 6.45) is 0. The lowest BCUT2D eigenvalue weighted by molar-refractivity contribution is -0.139. The minimum Gasteiger partial charge on any atom is -0.480 e. The quantitative estimate of drug-likeness (QED) is 0.540. The van der Waals surface area contributed by atoms with Crippen molar-refractivity contribution in [2.45, 2.75) is 6.04 Å². The van der Waals surface area contributed by atoms with Crippen LogP contribution in [0.4, 0.5) is 0 Å². The van der Waals surface area contributed by atoms with Crippen LogP contribution in [-0.2, 0) is 4.79 Å². The van der Waals surface area contributed by atoms with E-state index in [1.165, 1.54) is 0 Å². The van der Waals surface area contributed by atoms with E-state index in [-0.39, 0.29) is 12.4 Å². The number of carboxylic acid groups (broad SMARTS) is 1. The molecule has 1 aliphatic rings.